The summed E-state index contributed by atoms with van der Waals surface area (Å²) in [6, 6.07) is 10.5. The van der Waals surface area contributed by atoms with E-state index in [9.17, 15) is 0 Å². The standard InChI is InChI=1S/C18H23N7/c1-2-15-19-16(21-20-15)13-24-9-8-17-22-23-18(25(17)11-10-24)12-14-6-4-3-5-7-14/h3-7H,2,8-13H2,1H3,(H,19,20,21). The number of H-pyrrole nitrogens is 1. The Morgan fingerprint density at radius 1 is 1.08 bits per heavy atom. The fraction of sp³-hybridized carbons (Fsp3) is 0.444. The number of nitrogens with zero attached hydrogens (tertiary/aromatic N) is 6. The Hall–Kier alpha value is -2.54. The zero-order chi connectivity index (χ0) is 17.1. The van der Waals surface area contributed by atoms with Crippen LogP contribution >= 0.6 is 0 Å². The predicted octanol–water partition coefficient (Wildman–Crippen LogP) is 1.61. The van der Waals surface area contributed by atoms with Gasteiger partial charge in [0.15, 0.2) is 0 Å². The summed E-state index contributed by atoms with van der Waals surface area (Å²) in [5, 5.41) is 16.1. The molecule has 130 valence electrons. The highest BCUT2D eigenvalue weighted by molar-refractivity contribution is 5.19. The maximum atomic E-state index is 4.52. The first-order valence-corrected chi connectivity index (χ1v) is 8.89. The van der Waals surface area contributed by atoms with E-state index in [2.05, 4.69) is 66.0 Å². The van der Waals surface area contributed by atoms with E-state index in [1.54, 1.807) is 0 Å². The van der Waals surface area contributed by atoms with Crippen LogP contribution in [-0.2, 0) is 32.4 Å². The lowest BCUT2D eigenvalue weighted by Gasteiger charge is -2.17. The van der Waals surface area contributed by atoms with Crippen LogP contribution in [0.15, 0.2) is 30.3 Å². The van der Waals surface area contributed by atoms with Gasteiger partial charge in [0.25, 0.3) is 0 Å². The normalized spacial score (nSPS) is 15.1. The Morgan fingerprint density at radius 2 is 1.96 bits per heavy atom. The maximum Gasteiger partial charge on any atom is 0.150 e. The quantitative estimate of drug-likeness (QED) is 0.765. The molecule has 0 aliphatic carbocycles. The first-order valence-electron chi connectivity index (χ1n) is 8.89. The molecule has 1 aliphatic rings. The molecular weight excluding hydrogens is 314 g/mol. The molecule has 0 saturated heterocycles. The number of aryl methyl sites for hydroxylation is 1. The summed E-state index contributed by atoms with van der Waals surface area (Å²) in [4.78, 5) is 6.92. The minimum atomic E-state index is 0.805. The number of fused-ring (bicyclic) bond motifs is 1. The first-order chi connectivity index (χ1) is 12.3. The van der Waals surface area contributed by atoms with Gasteiger partial charge in [-0.05, 0) is 5.56 Å². The molecule has 2 aromatic heterocycles. The highest BCUT2D eigenvalue weighted by Gasteiger charge is 2.19. The molecule has 1 N–H and O–H groups in total. The van der Waals surface area contributed by atoms with Gasteiger partial charge in [0, 0.05) is 38.9 Å². The van der Waals surface area contributed by atoms with Crippen molar-refractivity contribution in [2.75, 3.05) is 13.1 Å². The highest BCUT2D eigenvalue weighted by atomic mass is 15.3. The molecule has 1 aromatic carbocycles. The Labute approximate surface area is 147 Å². The molecule has 0 saturated carbocycles. The van der Waals surface area contributed by atoms with Crippen molar-refractivity contribution in [3.8, 4) is 0 Å². The van der Waals surface area contributed by atoms with E-state index in [1.807, 2.05) is 6.07 Å². The van der Waals surface area contributed by atoms with Crippen molar-refractivity contribution >= 4 is 0 Å². The van der Waals surface area contributed by atoms with Crippen LogP contribution in [0.4, 0.5) is 0 Å². The molecule has 0 fully saturated rings. The van der Waals surface area contributed by atoms with E-state index < -0.39 is 0 Å². The van der Waals surface area contributed by atoms with E-state index >= 15 is 0 Å². The molecule has 0 spiro atoms. The number of hydrogen-bond acceptors (Lipinski definition) is 5. The van der Waals surface area contributed by atoms with Gasteiger partial charge >= 0.3 is 0 Å². The van der Waals surface area contributed by atoms with E-state index in [-0.39, 0.29) is 0 Å². The van der Waals surface area contributed by atoms with Gasteiger partial charge in [0.05, 0.1) is 6.54 Å². The summed E-state index contributed by atoms with van der Waals surface area (Å²) >= 11 is 0. The fourth-order valence-corrected chi connectivity index (χ4v) is 3.27. The number of rotatable bonds is 5. The highest BCUT2D eigenvalue weighted by Crippen LogP contribution is 2.14. The minimum absolute atomic E-state index is 0.805. The summed E-state index contributed by atoms with van der Waals surface area (Å²) in [6.45, 7) is 5.72. The molecule has 0 bridgehead atoms. The summed E-state index contributed by atoms with van der Waals surface area (Å²) in [5.41, 5.74) is 1.27. The third-order valence-electron chi connectivity index (χ3n) is 4.67. The molecule has 0 unspecified atom stereocenters. The van der Waals surface area contributed by atoms with Crippen molar-refractivity contribution < 1.29 is 0 Å². The largest absolute Gasteiger partial charge is 0.313 e. The molecule has 0 atom stereocenters. The van der Waals surface area contributed by atoms with Crippen LogP contribution in [0.3, 0.4) is 0 Å². The molecule has 7 nitrogen and oxygen atoms in total. The lowest BCUT2D eigenvalue weighted by Crippen LogP contribution is -2.27. The number of aromatic amines is 1. The van der Waals surface area contributed by atoms with Gasteiger partial charge in [-0.3, -0.25) is 10.00 Å². The zero-order valence-corrected chi connectivity index (χ0v) is 14.5. The van der Waals surface area contributed by atoms with E-state index in [0.29, 0.717) is 0 Å². The summed E-state index contributed by atoms with van der Waals surface area (Å²) in [7, 11) is 0. The number of nitrogens with one attached hydrogen (secondary N) is 1. The Morgan fingerprint density at radius 3 is 2.76 bits per heavy atom. The first kappa shape index (κ1) is 16.0. The second kappa shape index (κ2) is 7.14. The van der Waals surface area contributed by atoms with E-state index in [0.717, 1.165) is 68.7 Å². The molecule has 1 aliphatic heterocycles. The Bertz CT molecular complexity index is 821. The van der Waals surface area contributed by atoms with Gasteiger partial charge in [0.2, 0.25) is 0 Å². The molecule has 3 heterocycles. The third kappa shape index (κ3) is 3.61. The molecule has 25 heavy (non-hydrogen) atoms. The van der Waals surface area contributed by atoms with Crippen LogP contribution in [0.1, 0.15) is 35.8 Å². The number of aromatic nitrogens is 6. The summed E-state index contributed by atoms with van der Waals surface area (Å²) < 4.78 is 2.28. The maximum absolute atomic E-state index is 4.52. The van der Waals surface area contributed by atoms with Crippen molar-refractivity contribution in [3.63, 3.8) is 0 Å². The molecular formula is C18H23N7. The second-order valence-electron chi connectivity index (χ2n) is 6.42. The van der Waals surface area contributed by atoms with Crippen LogP contribution in [0.25, 0.3) is 0 Å². The fourth-order valence-electron chi connectivity index (χ4n) is 3.27. The van der Waals surface area contributed by atoms with Gasteiger partial charge in [0.1, 0.15) is 23.3 Å². The van der Waals surface area contributed by atoms with Crippen molar-refractivity contribution in [2.45, 2.75) is 39.3 Å². The lowest BCUT2D eigenvalue weighted by molar-refractivity contribution is 0.264. The van der Waals surface area contributed by atoms with E-state index in [4.69, 9.17) is 0 Å². The third-order valence-corrected chi connectivity index (χ3v) is 4.67. The molecule has 0 amide bonds. The molecule has 0 radical (unpaired) electrons. The smallest absolute Gasteiger partial charge is 0.150 e. The van der Waals surface area contributed by atoms with Crippen molar-refractivity contribution in [2.24, 2.45) is 0 Å². The minimum Gasteiger partial charge on any atom is -0.313 e. The van der Waals surface area contributed by atoms with Gasteiger partial charge < -0.3 is 4.57 Å². The van der Waals surface area contributed by atoms with E-state index in [1.165, 1.54) is 5.56 Å². The van der Waals surface area contributed by atoms with Gasteiger partial charge in [-0.15, -0.1) is 10.2 Å². The van der Waals surface area contributed by atoms with Crippen LogP contribution in [0.5, 0.6) is 0 Å². The predicted molar refractivity (Wildman–Crippen MR) is 94.0 cm³/mol. The topological polar surface area (TPSA) is 75.5 Å². The van der Waals surface area contributed by atoms with Crippen LogP contribution in [0, 0.1) is 0 Å². The van der Waals surface area contributed by atoms with Crippen LogP contribution in [-0.4, -0.2) is 47.9 Å². The van der Waals surface area contributed by atoms with Gasteiger partial charge in [-0.1, -0.05) is 37.3 Å². The zero-order valence-electron chi connectivity index (χ0n) is 14.5. The molecule has 3 aromatic rings. The second-order valence-corrected chi connectivity index (χ2v) is 6.42. The SMILES string of the molecule is CCc1n[nH]c(CN2CCc3nnc(Cc4ccccc4)n3CC2)n1. The van der Waals surface area contributed by atoms with Crippen molar-refractivity contribution in [1.29, 1.82) is 0 Å². The van der Waals surface area contributed by atoms with Gasteiger partial charge in [-0.25, -0.2) is 4.98 Å². The molecule has 4 rings (SSSR count). The van der Waals surface area contributed by atoms with Crippen molar-refractivity contribution in [3.05, 3.63) is 59.2 Å². The Kier molecular flexibility index (Phi) is 4.56. The summed E-state index contributed by atoms with van der Waals surface area (Å²) in [6.07, 6.45) is 2.60. The van der Waals surface area contributed by atoms with Gasteiger partial charge in [-0.2, -0.15) is 5.10 Å². The number of hydrogen-bond donors (Lipinski definition) is 1. The number of benzene rings is 1. The molecule has 7 heteroatoms. The van der Waals surface area contributed by atoms with Crippen molar-refractivity contribution in [1.82, 2.24) is 34.8 Å². The average Bonchev–Trinajstić information content (AvgIpc) is 3.19. The lowest BCUT2D eigenvalue weighted by atomic mass is 10.1. The van der Waals surface area contributed by atoms with Crippen LogP contribution < -0.4 is 0 Å². The summed E-state index contributed by atoms with van der Waals surface area (Å²) in [5.74, 6) is 3.96. The monoisotopic (exact) mass is 337 g/mol. The average molecular weight is 337 g/mol. The van der Waals surface area contributed by atoms with Crippen LogP contribution in [0.2, 0.25) is 0 Å². The Balaban J connectivity index is 1.43.